The maximum atomic E-state index is 13.0. The van der Waals surface area contributed by atoms with Gasteiger partial charge in [-0.3, -0.25) is 14.7 Å². The number of alkyl halides is 3. The number of nitrogens with zero attached hydrogens (tertiary/aromatic N) is 3. The molecule has 0 aromatic carbocycles. The molecule has 23 heavy (non-hydrogen) atoms. The highest BCUT2D eigenvalue weighted by Gasteiger charge is 2.37. The normalized spacial score (nSPS) is 22.3. The van der Waals surface area contributed by atoms with Gasteiger partial charge in [-0.1, -0.05) is 0 Å². The van der Waals surface area contributed by atoms with Crippen LogP contribution in [0.2, 0.25) is 0 Å². The highest BCUT2D eigenvalue weighted by molar-refractivity contribution is 5.95. The summed E-state index contributed by atoms with van der Waals surface area (Å²) in [5.74, 6) is -0.658. The number of carbonyl (C=O) groups is 1. The van der Waals surface area contributed by atoms with Gasteiger partial charge in [0.1, 0.15) is 0 Å². The smallest absolute Gasteiger partial charge is 0.380 e. The van der Waals surface area contributed by atoms with E-state index in [1.165, 1.54) is 18.1 Å². The number of carbonyl (C=O) groups excluding carboxylic acids is 1. The summed E-state index contributed by atoms with van der Waals surface area (Å²) in [4.78, 5) is 19.3. The van der Waals surface area contributed by atoms with Gasteiger partial charge in [0.2, 0.25) is 0 Å². The predicted octanol–water partition coefficient (Wildman–Crippen LogP) is 1.89. The number of hydrogen-bond acceptors (Lipinski definition) is 4. The van der Waals surface area contributed by atoms with Crippen LogP contribution in [0.25, 0.3) is 0 Å². The predicted molar refractivity (Wildman–Crippen MR) is 78.0 cm³/mol. The van der Waals surface area contributed by atoms with Crippen molar-refractivity contribution in [1.82, 2.24) is 14.8 Å². The van der Waals surface area contributed by atoms with Gasteiger partial charge in [-0.05, 0) is 19.5 Å². The van der Waals surface area contributed by atoms with Crippen LogP contribution in [0.4, 0.5) is 13.2 Å². The third-order valence-corrected chi connectivity index (χ3v) is 4.17. The highest BCUT2D eigenvalue weighted by atomic mass is 19.4. The van der Waals surface area contributed by atoms with E-state index in [1.807, 2.05) is 7.05 Å². The summed E-state index contributed by atoms with van der Waals surface area (Å²) in [6, 6.07) is 1.17. The summed E-state index contributed by atoms with van der Waals surface area (Å²) in [6.45, 7) is 1.08. The minimum Gasteiger partial charge on any atom is -0.380 e. The Bertz CT molecular complexity index is 565. The van der Waals surface area contributed by atoms with E-state index in [2.05, 4.69) is 9.88 Å². The van der Waals surface area contributed by atoms with Crippen LogP contribution >= 0.6 is 0 Å². The largest absolute Gasteiger partial charge is 0.418 e. The van der Waals surface area contributed by atoms with Crippen molar-refractivity contribution in [2.45, 2.75) is 24.7 Å². The minimum atomic E-state index is -4.61. The minimum absolute atomic E-state index is 0.0603. The lowest BCUT2D eigenvalue weighted by molar-refractivity contribution is -0.138. The van der Waals surface area contributed by atoms with E-state index in [0.29, 0.717) is 12.7 Å². The summed E-state index contributed by atoms with van der Waals surface area (Å²) < 4.78 is 44.3. The lowest BCUT2D eigenvalue weighted by Gasteiger charge is -2.26. The van der Waals surface area contributed by atoms with Gasteiger partial charge in [0.15, 0.2) is 0 Å². The van der Waals surface area contributed by atoms with Crippen molar-refractivity contribution in [2.75, 3.05) is 34.3 Å². The molecule has 0 aliphatic carbocycles. The molecule has 1 aliphatic rings. The van der Waals surface area contributed by atoms with Gasteiger partial charge in [-0.15, -0.1) is 0 Å². The lowest BCUT2D eigenvalue weighted by atomic mass is 10.1. The van der Waals surface area contributed by atoms with E-state index >= 15 is 0 Å². The molecule has 2 atom stereocenters. The average Bonchev–Trinajstić information content (AvgIpc) is 2.86. The maximum Gasteiger partial charge on any atom is 0.418 e. The summed E-state index contributed by atoms with van der Waals surface area (Å²) in [6.07, 6.45) is -1.90. The molecule has 2 heterocycles. The Morgan fingerprint density at radius 1 is 1.52 bits per heavy atom. The zero-order chi connectivity index (χ0) is 17.2. The van der Waals surface area contributed by atoms with Crippen molar-refractivity contribution in [2.24, 2.45) is 0 Å². The number of likely N-dealkylation sites (tertiary alicyclic amines) is 1. The summed E-state index contributed by atoms with van der Waals surface area (Å²) in [5, 5.41) is 0. The molecular weight excluding hydrogens is 311 g/mol. The summed E-state index contributed by atoms with van der Waals surface area (Å²) in [5.41, 5.74) is -1.38. The molecule has 1 fully saturated rings. The molecular formula is C15H20F3N3O2. The first kappa shape index (κ1) is 17.7. The lowest BCUT2D eigenvalue weighted by Crippen LogP contribution is -2.40. The number of methoxy groups -OCH3 is 1. The number of amides is 1. The second kappa shape index (κ2) is 6.84. The number of pyridine rings is 1. The van der Waals surface area contributed by atoms with Gasteiger partial charge in [0.25, 0.3) is 5.91 Å². The van der Waals surface area contributed by atoms with Gasteiger partial charge < -0.3 is 9.64 Å². The molecule has 1 aromatic heterocycles. The Kier molecular flexibility index (Phi) is 5.26. The van der Waals surface area contributed by atoms with Crippen molar-refractivity contribution < 1.29 is 22.7 Å². The Morgan fingerprint density at radius 3 is 2.78 bits per heavy atom. The second-order valence-corrected chi connectivity index (χ2v) is 5.79. The molecule has 0 N–H and O–H groups in total. The number of likely N-dealkylation sites (N-methyl/N-ethyl adjacent to an activating group) is 2. The monoisotopic (exact) mass is 331 g/mol. The van der Waals surface area contributed by atoms with Crippen molar-refractivity contribution in [3.63, 3.8) is 0 Å². The highest BCUT2D eigenvalue weighted by Crippen LogP contribution is 2.32. The first-order chi connectivity index (χ1) is 10.7. The Labute approximate surface area is 133 Å². The zero-order valence-electron chi connectivity index (χ0n) is 13.3. The molecule has 0 bridgehead atoms. The molecule has 0 saturated carbocycles. The van der Waals surface area contributed by atoms with Crippen LogP contribution in [0, 0.1) is 0 Å². The molecule has 2 rings (SSSR count). The van der Waals surface area contributed by atoms with Crippen LogP contribution in [-0.4, -0.2) is 67.1 Å². The number of ether oxygens (including phenoxy) is 1. The third kappa shape index (κ3) is 4.00. The van der Waals surface area contributed by atoms with Crippen molar-refractivity contribution in [1.29, 1.82) is 0 Å². The molecule has 1 amide bonds. The molecule has 8 heteroatoms. The van der Waals surface area contributed by atoms with E-state index in [4.69, 9.17) is 4.74 Å². The fourth-order valence-electron chi connectivity index (χ4n) is 2.82. The molecule has 0 spiro atoms. The zero-order valence-corrected chi connectivity index (χ0v) is 13.3. The SMILES string of the molecule is CO[C@H]1C[C@@H](CN(C)C(=O)c2ccncc2C(F)(F)F)N(C)C1. The Balaban J connectivity index is 2.12. The van der Waals surface area contributed by atoms with Gasteiger partial charge in [0, 0.05) is 45.7 Å². The van der Waals surface area contributed by atoms with Gasteiger partial charge in [-0.2, -0.15) is 13.2 Å². The van der Waals surface area contributed by atoms with Gasteiger partial charge >= 0.3 is 6.18 Å². The number of hydrogen-bond donors (Lipinski definition) is 0. The molecule has 0 unspecified atom stereocenters. The fraction of sp³-hybridized carbons (Fsp3) is 0.600. The van der Waals surface area contributed by atoms with Crippen LogP contribution in [0.5, 0.6) is 0 Å². The molecule has 5 nitrogen and oxygen atoms in total. The number of aromatic nitrogens is 1. The summed E-state index contributed by atoms with van der Waals surface area (Å²) in [7, 11) is 5.05. The van der Waals surface area contributed by atoms with Crippen LogP contribution in [0.1, 0.15) is 22.3 Å². The van der Waals surface area contributed by atoms with Crippen LogP contribution in [-0.2, 0) is 10.9 Å². The van der Waals surface area contributed by atoms with E-state index in [1.54, 1.807) is 7.11 Å². The fourth-order valence-corrected chi connectivity index (χ4v) is 2.82. The molecule has 1 aromatic rings. The Hall–Kier alpha value is -1.67. The molecule has 1 saturated heterocycles. The standard InChI is InChI=1S/C15H20F3N3O2/c1-20-9-11(23-3)6-10(20)8-21(2)14(22)12-4-5-19-7-13(12)15(16,17)18/h4-5,7,10-11H,6,8-9H2,1-3H3/t10-,11-/m0/s1. The number of rotatable bonds is 4. The van der Waals surface area contributed by atoms with E-state index in [-0.39, 0.29) is 17.7 Å². The van der Waals surface area contributed by atoms with Crippen molar-refractivity contribution in [3.05, 3.63) is 29.6 Å². The Morgan fingerprint density at radius 2 is 2.22 bits per heavy atom. The van der Waals surface area contributed by atoms with Crippen molar-refractivity contribution in [3.8, 4) is 0 Å². The molecule has 0 radical (unpaired) electrons. The average molecular weight is 331 g/mol. The maximum absolute atomic E-state index is 13.0. The first-order valence-electron chi connectivity index (χ1n) is 7.23. The summed E-state index contributed by atoms with van der Waals surface area (Å²) >= 11 is 0. The van der Waals surface area contributed by atoms with Crippen LogP contribution in [0.3, 0.4) is 0 Å². The topological polar surface area (TPSA) is 45.7 Å². The third-order valence-electron chi connectivity index (χ3n) is 4.17. The molecule has 1 aliphatic heterocycles. The van der Waals surface area contributed by atoms with Crippen molar-refractivity contribution >= 4 is 5.91 Å². The van der Waals surface area contributed by atoms with E-state index in [9.17, 15) is 18.0 Å². The quantitative estimate of drug-likeness (QED) is 0.845. The van der Waals surface area contributed by atoms with E-state index < -0.39 is 17.6 Å². The molecule has 128 valence electrons. The number of halogens is 3. The van der Waals surface area contributed by atoms with Gasteiger partial charge in [-0.25, -0.2) is 0 Å². The van der Waals surface area contributed by atoms with Crippen LogP contribution in [0.15, 0.2) is 18.5 Å². The van der Waals surface area contributed by atoms with Gasteiger partial charge in [0.05, 0.1) is 17.2 Å². The first-order valence-corrected chi connectivity index (χ1v) is 7.23. The second-order valence-electron chi connectivity index (χ2n) is 5.79. The van der Waals surface area contributed by atoms with E-state index in [0.717, 1.165) is 19.0 Å². The van der Waals surface area contributed by atoms with Crippen LogP contribution < -0.4 is 0 Å².